The monoisotopic (exact) mass is 363 g/mol. The highest BCUT2D eigenvalue weighted by atomic mass is 16.6. The molecule has 0 aliphatic carbocycles. The van der Waals surface area contributed by atoms with E-state index in [0.29, 0.717) is 11.8 Å². The number of benzene rings is 1. The van der Waals surface area contributed by atoms with Gasteiger partial charge in [-0.3, -0.25) is 9.59 Å². The van der Waals surface area contributed by atoms with E-state index in [1.807, 2.05) is 0 Å². The number of aldehydes is 1. The molecule has 144 valence electrons. The summed E-state index contributed by atoms with van der Waals surface area (Å²) in [6, 6.07) is 4.49. The lowest BCUT2D eigenvalue weighted by Crippen LogP contribution is -2.45. The first-order valence-corrected chi connectivity index (χ1v) is 8.50. The van der Waals surface area contributed by atoms with Crippen molar-refractivity contribution >= 4 is 18.2 Å². The highest BCUT2D eigenvalue weighted by Gasteiger charge is 2.39. The summed E-state index contributed by atoms with van der Waals surface area (Å²) in [6.07, 6.45) is 0.599. The van der Waals surface area contributed by atoms with Gasteiger partial charge in [-0.15, -0.1) is 0 Å². The van der Waals surface area contributed by atoms with Crippen LogP contribution in [0.3, 0.4) is 0 Å². The lowest BCUT2D eigenvalue weighted by molar-refractivity contribution is -0.161. The van der Waals surface area contributed by atoms with E-state index in [1.165, 1.54) is 12.1 Å². The van der Waals surface area contributed by atoms with Crippen molar-refractivity contribution < 1.29 is 23.9 Å². The Morgan fingerprint density at radius 2 is 1.54 bits per heavy atom. The lowest BCUT2D eigenvalue weighted by atomic mass is 9.79. The molecule has 1 unspecified atom stereocenters. The van der Waals surface area contributed by atoms with E-state index in [4.69, 9.17) is 15.2 Å². The minimum Gasteiger partial charge on any atom is -0.459 e. The van der Waals surface area contributed by atoms with Crippen molar-refractivity contribution in [1.29, 1.82) is 0 Å². The van der Waals surface area contributed by atoms with Crippen LogP contribution >= 0.6 is 0 Å². The molecule has 0 saturated heterocycles. The highest BCUT2D eigenvalue weighted by Crippen LogP contribution is 2.30. The molecule has 0 radical (unpaired) electrons. The van der Waals surface area contributed by atoms with Gasteiger partial charge >= 0.3 is 11.9 Å². The number of esters is 2. The summed E-state index contributed by atoms with van der Waals surface area (Å²) in [5, 5.41) is 0. The summed E-state index contributed by atoms with van der Waals surface area (Å²) in [4.78, 5) is 36.5. The van der Waals surface area contributed by atoms with Crippen LogP contribution in [0, 0.1) is 0 Å². The molecular formula is C20H29NO5. The minimum absolute atomic E-state index is 0.0471. The van der Waals surface area contributed by atoms with Crippen LogP contribution in [0.25, 0.3) is 0 Å². The van der Waals surface area contributed by atoms with E-state index in [9.17, 15) is 14.4 Å². The first-order chi connectivity index (χ1) is 11.7. The van der Waals surface area contributed by atoms with Crippen LogP contribution < -0.4 is 5.73 Å². The van der Waals surface area contributed by atoms with Gasteiger partial charge in [-0.2, -0.15) is 0 Å². The molecule has 0 saturated carbocycles. The van der Waals surface area contributed by atoms with Gasteiger partial charge in [0.2, 0.25) is 0 Å². The quantitative estimate of drug-likeness (QED) is 0.638. The van der Waals surface area contributed by atoms with E-state index in [1.54, 1.807) is 54.5 Å². The standard InChI is InChI=1S/C20H29NO5/c1-18(2,3)25-16(23)13-8-9-15(14(10-13)11-22)20(7,12-21)17(24)26-19(4,5)6/h8-11H,12,21H2,1-7H3. The average Bonchev–Trinajstić information content (AvgIpc) is 2.50. The van der Waals surface area contributed by atoms with E-state index >= 15 is 0 Å². The summed E-state index contributed by atoms with van der Waals surface area (Å²) in [7, 11) is 0. The molecule has 6 heteroatoms. The number of ether oxygens (including phenoxy) is 2. The molecule has 6 nitrogen and oxygen atoms in total. The molecule has 1 atom stereocenters. The fourth-order valence-electron chi connectivity index (χ4n) is 2.32. The predicted octanol–water partition coefficient (Wildman–Crippen LogP) is 3.01. The SMILES string of the molecule is CC(C)(C)OC(=O)c1ccc(C(C)(CN)C(=O)OC(C)(C)C)c(C=O)c1. The summed E-state index contributed by atoms with van der Waals surface area (Å²) in [6.45, 7) is 12.1. The third kappa shape index (κ3) is 5.39. The van der Waals surface area contributed by atoms with Crippen molar-refractivity contribution in [2.24, 2.45) is 5.73 Å². The molecule has 0 amide bonds. The summed E-state index contributed by atoms with van der Waals surface area (Å²) < 4.78 is 10.8. The van der Waals surface area contributed by atoms with Gasteiger partial charge in [0.15, 0.2) is 0 Å². The van der Waals surface area contributed by atoms with Gasteiger partial charge in [0.1, 0.15) is 22.9 Å². The maximum Gasteiger partial charge on any atom is 0.338 e. The van der Waals surface area contributed by atoms with E-state index in [0.717, 1.165) is 0 Å². The Hall–Kier alpha value is -2.21. The van der Waals surface area contributed by atoms with Gasteiger partial charge in [-0.05, 0) is 66.2 Å². The third-order valence-corrected chi connectivity index (χ3v) is 3.67. The van der Waals surface area contributed by atoms with Crippen LogP contribution in [0.1, 0.15) is 74.7 Å². The highest BCUT2D eigenvalue weighted by molar-refractivity contribution is 5.94. The number of rotatable bonds is 5. The first-order valence-electron chi connectivity index (χ1n) is 8.50. The summed E-state index contributed by atoms with van der Waals surface area (Å²) >= 11 is 0. The normalized spacial score (nSPS) is 14.3. The molecule has 0 aromatic heterocycles. The fraction of sp³-hybridized carbons (Fsp3) is 0.550. The van der Waals surface area contributed by atoms with Crippen LogP contribution in [0.15, 0.2) is 18.2 Å². The molecule has 1 rings (SSSR count). The third-order valence-electron chi connectivity index (χ3n) is 3.67. The molecule has 0 fully saturated rings. The van der Waals surface area contributed by atoms with Crippen LogP contribution in [0.2, 0.25) is 0 Å². The Balaban J connectivity index is 3.33. The Morgan fingerprint density at radius 1 is 1.00 bits per heavy atom. The lowest BCUT2D eigenvalue weighted by Gasteiger charge is -2.31. The number of nitrogens with two attached hydrogens (primary N) is 1. The second-order valence-electron chi connectivity index (χ2n) is 8.46. The van der Waals surface area contributed by atoms with Gasteiger partial charge in [-0.1, -0.05) is 6.07 Å². The van der Waals surface area contributed by atoms with Crippen molar-refractivity contribution in [2.45, 2.75) is 65.1 Å². The largest absolute Gasteiger partial charge is 0.459 e. The van der Waals surface area contributed by atoms with E-state index in [2.05, 4.69) is 0 Å². The molecule has 0 aliphatic heterocycles. The Kier molecular flexibility index (Phi) is 6.36. The molecule has 0 heterocycles. The number of carbonyl (C=O) groups is 3. The van der Waals surface area contributed by atoms with Crippen LogP contribution in [0.4, 0.5) is 0 Å². The molecule has 26 heavy (non-hydrogen) atoms. The molecule has 2 N–H and O–H groups in total. The van der Waals surface area contributed by atoms with Crippen LogP contribution in [-0.2, 0) is 19.7 Å². The molecular weight excluding hydrogens is 334 g/mol. The zero-order valence-electron chi connectivity index (χ0n) is 16.6. The summed E-state index contributed by atoms with van der Waals surface area (Å²) in [5.41, 5.74) is 4.15. The second kappa shape index (κ2) is 7.58. The zero-order valence-corrected chi connectivity index (χ0v) is 16.6. The first kappa shape index (κ1) is 21.8. The molecule has 0 bridgehead atoms. The maximum atomic E-state index is 12.7. The molecule has 1 aromatic carbocycles. The van der Waals surface area contributed by atoms with Gasteiger partial charge in [-0.25, -0.2) is 4.79 Å². The Labute approximate surface area is 155 Å². The Morgan fingerprint density at radius 3 is 1.96 bits per heavy atom. The zero-order chi connectivity index (χ0) is 20.3. The smallest absolute Gasteiger partial charge is 0.338 e. The molecule has 0 aliphatic rings. The van der Waals surface area contributed by atoms with Gasteiger partial charge < -0.3 is 15.2 Å². The van der Waals surface area contributed by atoms with Crippen molar-refractivity contribution in [3.63, 3.8) is 0 Å². The number of hydrogen-bond donors (Lipinski definition) is 1. The van der Waals surface area contributed by atoms with Crippen molar-refractivity contribution in [1.82, 2.24) is 0 Å². The van der Waals surface area contributed by atoms with Crippen molar-refractivity contribution in [3.05, 3.63) is 34.9 Å². The topological polar surface area (TPSA) is 95.7 Å². The minimum atomic E-state index is -1.21. The number of carbonyl (C=O) groups excluding carboxylic acids is 3. The second-order valence-corrected chi connectivity index (χ2v) is 8.46. The summed E-state index contributed by atoms with van der Waals surface area (Å²) in [5.74, 6) is -1.07. The van der Waals surface area contributed by atoms with E-state index in [-0.39, 0.29) is 17.7 Å². The van der Waals surface area contributed by atoms with Crippen LogP contribution in [-0.4, -0.2) is 36.0 Å². The Bertz CT molecular complexity index is 697. The fourth-order valence-corrected chi connectivity index (χ4v) is 2.32. The van der Waals surface area contributed by atoms with Crippen molar-refractivity contribution in [3.8, 4) is 0 Å². The van der Waals surface area contributed by atoms with Crippen LogP contribution in [0.5, 0.6) is 0 Å². The van der Waals surface area contributed by atoms with Crippen molar-refractivity contribution in [2.75, 3.05) is 6.54 Å². The van der Waals surface area contributed by atoms with Gasteiger partial charge in [0, 0.05) is 12.1 Å². The van der Waals surface area contributed by atoms with E-state index < -0.39 is 28.6 Å². The average molecular weight is 363 g/mol. The molecule has 0 spiro atoms. The number of hydrogen-bond acceptors (Lipinski definition) is 6. The predicted molar refractivity (Wildman–Crippen MR) is 99.2 cm³/mol. The van der Waals surface area contributed by atoms with Gasteiger partial charge in [0.05, 0.1) is 5.56 Å². The van der Waals surface area contributed by atoms with Gasteiger partial charge in [0.25, 0.3) is 0 Å². The maximum absolute atomic E-state index is 12.7. The molecule has 1 aromatic rings.